The number of benzene rings is 1. The van der Waals surface area contributed by atoms with Crippen LogP contribution in [-0.2, 0) is 14.4 Å². The predicted octanol–water partition coefficient (Wildman–Crippen LogP) is 1.51. The van der Waals surface area contributed by atoms with Gasteiger partial charge in [0, 0.05) is 12.6 Å². The predicted molar refractivity (Wildman–Crippen MR) is 86.2 cm³/mol. The van der Waals surface area contributed by atoms with E-state index in [4.69, 9.17) is 4.74 Å². The maximum Gasteiger partial charge on any atom is 0.265 e. The van der Waals surface area contributed by atoms with E-state index in [-0.39, 0.29) is 23.6 Å². The van der Waals surface area contributed by atoms with Crippen LogP contribution in [0, 0.1) is 5.92 Å². The Kier molecular flexibility index (Phi) is 4.88. The number of carbonyl (C=O) groups excluding carboxylic acids is 3. The summed E-state index contributed by atoms with van der Waals surface area (Å²) < 4.78 is 5.46. The van der Waals surface area contributed by atoms with Crippen LogP contribution in [0.4, 0.5) is 11.4 Å². The van der Waals surface area contributed by atoms with Crippen LogP contribution in [0.15, 0.2) is 18.2 Å². The zero-order valence-electron chi connectivity index (χ0n) is 13.6. The van der Waals surface area contributed by atoms with Gasteiger partial charge in [-0.2, -0.15) is 0 Å². The second-order valence-electron chi connectivity index (χ2n) is 5.87. The molecule has 23 heavy (non-hydrogen) atoms. The summed E-state index contributed by atoms with van der Waals surface area (Å²) in [6, 6.07) is 4.37. The van der Waals surface area contributed by atoms with Crippen molar-refractivity contribution < 1.29 is 19.1 Å². The molecular formula is C16H21N3O4. The Labute approximate surface area is 134 Å². The highest BCUT2D eigenvalue weighted by molar-refractivity contribution is 6.00. The second-order valence-corrected chi connectivity index (χ2v) is 5.87. The Morgan fingerprint density at radius 1 is 1.30 bits per heavy atom. The lowest BCUT2D eigenvalue weighted by Crippen LogP contribution is -2.46. The van der Waals surface area contributed by atoms with Crippen LogP contribution in [-0.4, -0.2) is 29.9 Å². The van der Waals surface area contributed by atoms with Gasteiger partial charge < -0.3 is 20.7 Å². The first kappa shape index (κ1) is 16.8. The zero-order chi connectivity index (χ0) is 17.1. The van der Waals surface area contributed by atoms with Gasteiger partial charge in [-0.05, 0) is 31.0 Å². The molecule has 1 aliphatic heterocycles. The highest BCUT2D eigenvalue weighted by Crippen LogP contribution is 2.32. The quantitative estimate of drug-likeness (QED) is 0.783. The molecule has 0 saturated heterocycles. The van der Waals surface area contributed by atoms with Crippen molar-refractivity contribution in [1.29, 1.82) is 0 Å². The minimum Gasteiger partial charge on any atom is -0.479 e. The molecule has 1 heterocycles. The van der Waals surface area contributed by atoms with E-state index < -0.39 is 12.1 Å². The molecule has 2 atom stereocenters. The zero-order valence-corrected chi connectivity index (χ0v) is 13.6. The summed E-state index contributed by atoms with van der Waals surface area (Å²) in [7, 11) is 0. The smallest absolute Gasteiger partial charge is 0.265 e. The van der Waals surface area contributed by atoms with Gasteiger partial charge >= 0.3 is 0 Å². The van der Waals surface area contributed by atoms with Crippen LogP contribution >= 0.6 is 0 Å². The number of anilines is 2. The van der Waals surface area contributed by atoms with E-state index in [1.54, 1.807) is 25.1 Å². The van der Waals surface area contributed by atoms with Gasteiger partial charge in [-0.25, -0.2) is 0 Å². The number of amides is 3. The lowest BCUT2D eigenvalue weighted by Gasteiger charge is -2.24. The summed E-state index contributed by atoms with van der Waals surface area (Å²) in [5, 5.41) is 8.10. The molecule has 0 aromatic heterocycles. The summed E-state index contributed by atoms with van der Waals surface area (Å²) in [5.74, 6) is -0.317. The fraction of sp³-hybridized carbons (Fsp3) is 0.438. The summed E-state index contributed by atoms with van der Waals surface area (Å²) in [6.45, 7) is 6.73. The lowest BCUT2D eigenvalue weighted by atomic mass is 10.0. The maximum atomic E-state index is 12.3. The number of rotatable bonds is 4. The number of hydrogen-bond donors (Lipinski definition) is 3. The van der Waals surface area contributed by atoms with Crippen LogP contribution < -0.4 is 20.7 Å². The molecule has 7 heteroatoms. The minimum absolute atomic E-state index is 0.0552. The number of hydrogen-bond acceptors (Lipinski definition) is 4. The first-order valence-electron chi connectivity index (χ1n) is 7.47. The topological polar surface area (TPSA) is 96.5 Å². The standard InChI is InChI=1S/C16H21N3O4/c1-8(2)14(17-10(4)20)16(22)18-11-5-6-13-12(7-11)19-15(21)9(3)23-13/h5-9,14H,1-4H3,(H,17,20)(H,18,22)(H,19,21)/t9-,14+/m0/s1. The van der Waals surface area contributed by atoms with Gasteiger partial charge in [-0.15, -0.1) is 0 Å². The Morgan fingerprint density at radius 2 is 2.00 bits per heavy atom. The van der Waals surface area contributed by atoms with Gasteiger partial charge in [0.25, 0.3) is 5.91 Å². The third-order valence-electron chi connectivity index (χ3n) is 3.49. The lowest BCUT2D eigenvalue weighted by molar-refractivity contribution is -0.126. The van der Waals surface area contributed by atoms with E-state index in [0.29, 0.717) is 17.1 Å². The van der Waals surface area contributed by atoms with Gasteiger partial charge in [0.15, 0.2) is 6.10 Å². The van der Waals surface area contributed by atoms with Crippen LogP contribution in [0.2, 0.25) is 0 Å². The van der Waals surface area contributed by atoms with Crippen molar-refractivity contribution >= 4 is 29.1 Å². The van der Waals surface area contributed by atoms with E-state index in [2.05, 4.69) is 16.0 Å². The normalized spacial score (nSPS) is 17.6. The molecule has 1 aliphatic rings. The van der Waals surface area contributed by atoms with Gasteiger partial charge in [0.1, 0.15) is 11.8 Å². The molecule has 1 aromatic carbocycles. The Hall–Kier alpha value is -2.57. The molecule has 3 N–H and O–H groups in total. The van der Waals surface area contributed by atoms with Crippen molar-refractivity contribution in [1.82, 2.24) is 5.32 Å². The first-order chi connectivity index (χ1) is 10.8. The number of fused-ring (bicyclic) bond motifs is 1. The molecule has 1 aromatic rings. The van der Waals surface area contributed by atoms with Crippen LogP contribution in [0.1, 0.15) is 27.7 Å². The molecule has 0 fully saturated rings. The summed E-state index contributed by atoms with van der Waals surface area (Å²) in [5.41, 5.74) is 1.02. The van der Waals surface area contributed by atoms with E-state index in [1.165, 1.54) is 6.92 Å². The summed E-state index contributed by atoms with van der Waals surface area (Å²) >= 11 is 0. The number of carbonyl (C=O) groups is 3. The number of ether oxygens (including phenoxy) is 1. The van der Waals surface area contributed by atoms with Crippen LogP contribution in [0.5, 0.6) is 5.75 Å². The van der Waals surface area contributed by atoms with Gasteiger partial charge in [0.2, 0.25) is 11.8 Å². The van der Waals surface area contributed by atoms with Crippen molar-refractivity contribution in [3.05, 3.63) is 18.2 Å². The molecule has 2 rings (SSSR count). The third kappa shape index (κ3) is 4.00. The van der Waals surface area contributed by atoms with Gasteiger partial charge in [0.05, 0.1) is 5.69 Å². The van der Waals surface area contributed by atoms with E-state index in [1.807, 2.05) is 13.8 Å². The summed E-state index contributed by atoms with van der Waals surface area (Å²) in [4.78, 5) is 35.2. The Balaban J connectivity index is 2.14. The molecule has 124 valence electrons. The van der Waals surface area contributed by atoms with Crippen molar-refractivity contribution in [2.45, 2.75) is 39.8 Å². The molecule has 3 amide bonds. The van der Waals surface area contributed by atoms with Gasteiger partial charge in [-0.3, -0.25) is 14.4 Å². The fourth-order valence-corrected chi connectivity index (χ4v) is 2.26. The minimum atomic E-state index is -0.630. The molecule has 0 unspecified atom stereocenters. The maximum absolute atomic E-state index is 12.3. The molecule has 0 saturated carbocycles. The molecule has 0 bridgehead atoms. The van der Waals surface area contributed by atoms with Crippen LogP contribution in [0.3, 0.4) is 0 Å². The SMILES string of the molecule is CC(=O)N[C@@H](C(=O)Nc1ccc2c(c1)NC(=O)[C@H](C)O2)C(C)C. The monoisotopic (exact) mass is 319 g/mol. The van der Waals surface area contributed by atoms with E-state index in [9.17, 15) is 14.4 Å². The Bertz CT molecular complexity index is 642. The van der Waals surface area contributed by atoms with E-state index in [0.717, 1.165) is 0 Å². The average molecular weight is 319 g/mol. The van der Waals surface area contributed by atoms with Crippen molar-refractivity contribution in [2.75, 3.05) is 10.6 Å². The molecule has 0 aliphatic carbocycles. The molecule has 0 radical (unpaired) electrons. The molecule has 0 spiro atoms. The highest BCUT2D eigenvalue weighted by atomic mass is 16.5. The van der Waals surface area contributed by atoms with Gasteiger partial charge in [-0.1, -0.05) is 13.8 Å². The highest BCUT2D eigenvalue weighted by Gasteiger charge is 2.25. The second kappa shape index (κ2) is 6.68. The first-order valence-corrected chi connectivity index (χ1v) is 7.47. The largest absolute Gasteiger partial charge is 0.479 e. The fourth-order valence-electron chi connectivity index (χ4n) is 2.26. The van der Waals surface area contributed by atoms with Crippen molar-refractivity contribution in [3.8, 4) is 5.75 Å². The van der Waals surface area contributed by atoms with E-state index >= 15 is 0 Å². The average Bonchev–Trinajstić information content (AvgIpc) is 2.45. The van der Waals surface area contributed by atoms with Crippen molar-refractivity contribution in [2.24, 2.45) is 5.92 Å². The number of nitrogens with one attached hydrogen (secondary N) is 3. The molecular weight excluding hydrogens is 298 g/mol. The third-order valence-corrected chi connectivity index (χ3v) is 3.49. The Morgan fingerprint density at radius 3 is 2.61 bits per heavy atom. The summed E-state index contributed by atoms with van der Waals surface area (Å²) in [6.07, 6.45) is -0.548. The van der Waals surface area contributed by atoms with Crippen molar-refractivity contribution in [3.63, 3.8) is 0 Å². The van der Waals surface area contributed by atoms with Crippen LogP contribution in [0.25, 0.3) is 0 Å². The molecule has 7 nitrogen and oxygen atoms in total.